The molecular weight excluding hydrogens is 362 g/mol. The van der Waals surface area contributed by atoms with Gasteiger partial charge in [0.1, 0.15) is 11.6 Å². The van der Waals surface area contributed by atoms with E-state index in [1.54, 1.807) is 0 Å². The van der Waals surface area contributed by atoms with Gasteiger partial charge in [-0.25, -0.2) is 14.5 Å². The Kier molecular flexibility index (Phi) is 5.94. The van der Waals surface area contributed by atoms with Crippen molar-refractivity contribution < 1.29 is 0 Å². The molecular formula is C22H31N7. The Morgan fingerprint density at radius 3 is 2.55 bits per heavy atom. The van der Waals surface area contributed by atoms with Gasteiger partial charge in [0.05, 0.1) is 11.9 Å². The first-order valence-electron chi connectivity index (χ1n) is 10.7. The Bertz CT molecular complexity index is 924. The molecule has 1 aliphatic rings. The van der Waals surface area contributed by atoms with Crippen molar-refractivity contribution in [2.75, 3.05) is 17.2 Å². The van der Waals surface area contributed by atoms with Crippen molar-refractivity contribution in [1.82, 2.24) is 19.6 Å². The molecule has 4 N–H and O–H groups in total. The van der Waals surface area contributed by atoms with Crippen LogP contribution < -0.4 is 16.4 Å². The van der Waals surface area contributed by atoms with Crippen LogP contribution in [-0.2, 0) is 0 Å². The van der Waals surface area contributed by atoms with E-state index in [-0.39, 0.29) is 0 Å². The molecule has 1 fully saturated rings. The van der Waals surface area contributed by atoms with Crippen molar-refractivity contribution in [2.24, 2.45) is 11.7 Å². The maximum absolute atomic E-state index is 6.02. The van der Waals surface area contributed by atoms with Gasteiger partial charge in [-0.15, -0.1) is 5.10 Å². The molecule has 0 bridgehead atoms. The van der Waals surface area contributed by atoms with E-state index in [9.17, 15) is 0 Å². The number of nitrogens with one attached hydrogen (secondary N) is 2. The van der Waals surface area contributed by atoms with Crippen LogP contribution in [0.1, 0.15) is 46.0 Å². The minimum atomic E-state index is 0.346. The van der Waals surface area contributed by atoms with Gasteiger partial charge in [-0.05, 0) is 62.3 Å². The lowest BCUT2D eigenvalue weighted by atomic mass is 9.92. The summed E-state index contributed by atoms with van der Waals surface area (Å²) >= 11 is 0. The van der Waals surface area contributed by atoms with Crippen LogP contribution in [0.3, 0.4) is 0 Å². The number of imidazole rings is 1. The summed E-state index contributed by atoms with van der Waals surface area (Å²) in [6, 6.07) is 8.87. The molecule has 3 aromatic heterocycles. The topological polar surface area (TPSA) is 93.2 Å². The average molecular weight is 394 g/mol. The highest BCUT2D eigenvalue weighted by Gasteiger charge is 2.19. The molecule has 0 aliphatic heterocycles. The van der Waals surface area contributed by atoms with Crippen molar-refractivity contribution in [3.8, 4) is 11.3 Å². The number of nitrogens with two attached hydrogens (primary N) is 1. The first-order chi connectivity index (χ1) is 14.1. The molecule has 7 heteroatoms. The molecule has 0 saturated heterocycles. The average Bonchev–Trinajstić information content (AvgIpc) is 3.13. The lowest BCUT2D eigenvalue weighted by Crippen LogP contribution is -2.33. The third-order valence-corrected chi connectivity index (χ3v) is 5.57. The van der Waals surface area contributed by atoms with Gasteiger partial charge in [0.15, 0.2) is 5.65 Å². The van der Waals surface area contributed by atoms with Crippen LogP contribution in [0.2, 0.25) is 0 Å². The van der Waals surface area contributed by atoms with Crippen molar-refractivity contribution in [3.05, 3.63) is 36.7 Å². The summed E-state index contributed by atoms with van der Waals surface area (Å²) in [5.41, 5.74) is 8.79. The number of anilines is 2. The molecule has 0 aromatic carbocycles. The second-order valence-corrected chi connectivity index (χ2v) is 8.43. The lowest BCUT2D eigenvalue weighted by molar-refractivity contribution is 0.410. The van der Waals surface area contributed by atoms with Crippen LogP contribution in [0, 0.1) is 5.92 Å². The zero-order valence-corrected chi connectivity index (χ0v) is 17.3. The molecule has 0 spiro atoms. The molecule has 1 aliphatic carbocycles. The fraction of sp³-hybridized carbons (Fsp3) is 0.500. The fourth-order valence-corrected chi connectivity index (χ4v) is 3.76. The maximum atomic E-state index is 6.02. The predicted molar refractivity (Wildman–Crippen MR) is 118 cm³/mol. The number of rotatable bonds is 7. The van der Waals surface area contributed by atoms with E-state index < -0.39 is 0 Å². The molecule has 3 heterocycles. The van der Waals surface area contributed by atoms with Crippen LogP contribution in [-0.4, -0.2) is 38.2 Å². The smallest absolute Gasteiger partial charge is 0.154 e. The summed E-state index contributed by atoms with van der Waals surface area (Å²) in [6.07, 6.45) is 9.18. The maximum Gasteiger partial charge on any atom is 0.154 e. The largest absolute Gasteiger partial charge is 0.370 e. The van der Waals surface area contributed by atoms with Crippen LogP contribution in [0.15, 0.2) is 36.7 Å². The Balaban J connectivity index is 1.48. The summed E-state index contributed by atoms with van der Waals surface area (Å²) in [5, 5.41) is 11.7. The second kappa shape index (κ2) is 8.78. The van der Waals surface area contributed by atoms with Crippen molar-refractivity contribution in [3.63, 3.8) is 0 Å². The highest BCUT2D eigenvalue weighted by atomic mass is 15.3. The van der Waals surface area contributed by atoms with E-state index in [0.29, 0.717) is 18.0 Å². The normalized spacial score (nSPS) is 19.6. The molecule has 7 nitrogen and oxygen atoms in total. The van der Waals surface area contributed by atoms with Gasteiger partial charge in [0.25, 0.3) is 0 Å². The molecule has 0 unspecified atom stereocenters. The molecule has 1 saturated carbocycles. The fourth-order valence-electron chi connectivity index (χ4n) is 3.76. The first-order valence-corrected chi connectivity index (χ1v) is 10.7. The van der Waals surface area contributed by atoms with E-state index >= 15 is 0 Å². The third kappa shape index (κ3) is 4.85. The molecule has 154 valence electrons. The molecule has 4 rings (SSSR count). The minimum Gasteiger partial charge on any atom is -0.370 e. The van der Waals surface area contributed by atoms with E-state index in [1.165, 1.54) is 0 Å². The van der Waals surface area contributed by atoms with Crippen LogP contribution >= 0.6 is 0 Å². The SMILES string of the molecule is CC(C)CCNc1ccc(-c2cnc3ccc(NC4CCC(N)CC4)nn23)cn1. The summed E-state index contributed by atoms with van der Waals surface area (Å²) in [4.78, 5) is 9.05. The Hall–Kier alpha value is -2.67. The molecule has 0 atom stereocenters. The summed E-state index contributed by atoms with van der Waals surface area (Å²) in [6.45, 7) is 5.38. The number of aromatic nitrogens is 4. The van der Waals surface area contributed by atoms with Crippen LogP contribution in [0.4, 0.5) is 11.6 Å². The van der Waals surface area contributed by atoms with E-state index in [1.807, 2.05) is 35.1 Å². The minimum absolute atomic E-state index is 0.346. The molecule has 0 amide bonds. The van der Waals surface area contributed by atoms with E-state index in [2.05, 4.69) is 40.5 Å². The third-order valence-electron chi connectivity index (χ3n) is 5.57. The quantitative estimate of drug-likeness (QED) is 0.563. The van der Waals surface area contributed by atoms with Gasteiger partial charge >= 0.3 is 0 Å². The number of pyridine rings is 1. The van der Waals surface area contributed by atoms with Crippen LogP contribution in [0.5, 0.6) is 0 Å². The van der Waals surface area contributed by atoms with Gasteiger partial charge in [0.2, 0.25) is 0 Å². The van der Waals surface area contributed by atoms with Gasteiger partial charge in [-0.2, -0.15) is 0 Å². The zero-order valence-electron chi connectivity index (χ0n) is 17.3. The van der Waals surface area contributed by atoms with Crippen molar-refractivity contribution >= 4 is 17.3 Å². The zero-order chi connectivity index (χ0) is 20.2. The number of fused-ring (bicyclic) bond motifs is 1. The number of hydrogen-bond donors (Lipinski definition) is 3. The van der Waals surface area contributed by atoms with Gasteiger partial charge in [-0.1, -0.05) is 13.8 Å². The highest BCUT2D eigenvalue weighted by Crippen LogP contribution is 2.23. The van der Waals surface area contributed by atoms with E-state index in [4.69, 9.17) is 10.8 Å². The monoisotopic (exact) mass is 393 g/mol. The van der Waals surface area contributed by atoms with Crippen LogP contribution in [0.25, 0.3) is 16.9 Å². The summed E-state index contributed by atoms with van der Waals surface area (Å²) in [5.74, 6) is 2.45. The number of nitrogens with zero attached hydrogens (tertiary/aromatic N) is 4. The lowest BCUT2D eigenvalue weighted by Gasteiger charge is -2.27. The molecule has 0 radical (unpaired) electrons. The Morgan fingerprint density at radius 1 is 1.03 bits per heavy atom. The van der Waals surface area contributed by atoms with Gasteiger partial charge in [0, 0.05) is 30.4 Å². The van der Waals surface area contributed by atoms with Gasteiger partial charge in [-0.3, -0.25) is 0 Å². The summed E-state index contributed by atoms with van der Waals surface area (Å²) < 4.78 is 1.89. The first kappa shape index (κ1) is 19.6. The number of hydrogen-bond acceptors (Lipinski definition) is 6. The Morgan fingerprint density at radius 2 is 1.83 bits per heavy atom. The molecule has 3 aromatic rings. The standard InChI is InChI=1S/C22H31N7/c1-15(2)11-12-24-20-8-3-16(13-25-20)19-14-26-22-10-9-21(28-29(19)22)27-18-6-4-17(23)5-7-18/h3,8-10,13-15,17-18H,4-7,11-12,23H2,1-2H3,(H,24,25)(H,27,28). The molecule has 29 heavy (non-hydrogen) atoms. The highest BCUT2D eigenvalue weighted by molar-refractivity contribution is 5.64. The predicted octanol–water partition coefficient (Wildman–Crippen LogP) is 3.93. The van der Waals surface area contributed by atoms with E-state index in [0.717, 1.165) is 67.2 Å². The van der Waals surface area contributed by atoms with Crippen molar-refractivity contribution in [2.45, 2.75) is 58.0 Å². The Labute approximate surface area is 172 Å². The van der Waals surface area contributed by atoms with Crippen molar-refractivity contribution in [1.29, 1.82) is 0 Å². The summed E-state index contributed by atoms with van der Waals surface area (Å²) in [7, 11) is 0. The second-order valence-electron chi connectivity index (χ2n) is 8.43. The van der Waals surface area contributed by atoms with Gasteiger partial charge < -0.3 is 16.4 Å².